The fraction of sp³-hybridized carbons (Fsp3) is 0.190. The summed E-state index contributed by atoms with van der Waals surface area (Å²) >= 11 is 0. The zero-order valence-corrected chi connectivity index (χ0v) is 14.9. The van der Waals surface area contributed by atoms with Crippen LogP contribution in [0.5, 0.6) is 0 Å². The molecule has 0 fully saturated rings. The van der Waals surface area contributed by atoms with Crippen LogP contribution in [0.1, 0.15) is 24.4 Å². The van der Waals surface area contributed by atoms with Crippen LogP contribution in [0.2, 0.25) is 0 Å². The third kappa shape index (κ3) is 3.66. The van der Waals surface area contributed by atoms with Crippen LogP contribution in [0, 0.1) is 0 Å². The van der Waals surface area contributed by atoms with Crippen molar-refractivity contribution in [3.05, 3.63) is 78.8 Å². The number of hydrogen-bond acceptors (Lipinski definition) is 5. The van der Waals surface area contributed by atoms with Crippen LogP contribution in [0.25, 0.3) is 16.7 Å². The molecule has 6 nitrogen and oxygen atoms in total. The molecule has 0 aliphatic carbocycles. The van der Waals surface area contributed by atoms with Crippen LogP contribution in [0.15, 0.2) is 73.2 Å². The zero-order chi connectivity index (χ0) is 18.5. The quantitative estimate of drug-likeness (QED) is 0.526. The first-order valence-corrected chi connectivity index (χ1v) is 9.03. The summed E-state index contributed by atoms with van der Waals surface area (Å²) in [5, 5.41) is 18.2. The molecule has 0 saturated heterocycles. The van der Waals surface area contributed by atoms with Gasteiger partial charge < -0.3 is 10.4 Å². The van der Waals surface area contributed by atoms with Crippen LogP contribution < -0.4 is 5.32 Å². The van der Waals surface area contributed by atoms with Crippen LogP contribution in [-0.2, 0) is 0 Å². The number of benzene rings is 2. The number of nitrogens with one attached hydrogen (secondary N) is 1. The molecule has 6 heteroatoms. The van der Waals surface area contributed by atoms with Crippen molar-refractivity contribution < 1.29 is 5.11 Å². The third-order valence-electron chi connectivity index (χ3n) is 4.53. The molecule has 0 radical (unpaired) electrons. The highest BCUT2D eigenvalue weighted by molar-refractivity contribution is 5.87. The van der Waals surface area contributed by atoms with Crippen LogP contribution in [0.3, 0.4) is 0 Å². The molecule has 0 saturated carbocycles. The highest BCUT2D eigenvalue weighted by Crippen LogP contribution is 2.27. The van der Waals surface area contributed by atoms with E-state index in [9.17, 15) is 5.11 Å². The molecule has 4 rings (SSSR count). The molecule has 136 valence electrons. The van der Waals surface area contributed by atoms with Gasteiger partial charge in [0.1, 0.15) is 12.1 Å². The molecule has 27 heavy (non-hydrogen) atoms. The minimum Gasteiger partial charge on any atom is -0.396 e. The number of fused-ring (bicyclic) bond motifs is 1. The van der Waals surface area contributed by atoms with E-state index in [1.165, 1.54) is 0 Å². The maximum absolute atomic E-state index is 9.26. The lowest BCUT2D eigenvalue weighted by molar-refractivity contribution is 0.281. The molecule has 1 unspecified atom stereocenters. The van der Waals surface area contributed by atoms with E-state index in [4.69, 9.17) is 0 Å². The van der Waals surface area contributed by atoms with E-state index >= 15 is 0 Å². The standard InChI is InChI=1S/C21H21N5O/c27-13-7-12-19(16-8-3-1-4-9-16)25-20-18-14-24-26(21(18)23-15-22-20)17-10-5-2-6-11-17/h1-6,8-11,14-15,19,27H,7,12-13H2,(H,22,23,25). The topological polar surface area (TPSA) is 75.9 Å². The van der Waals surface area contributed by atoms with Gasteiger partial charge in [-0.2, -0.15) is 5.10 Å². The highest BCUT2D eigenvalue weighted by Gasteiger charge is 2.16. The van der Waals surface area contributed by atoms with Crippen molar-refractivity contribution in [2.75, 3.05) is 11.9 Å². The van der Waals surface area contributed by atoms with Gasteiger partial charge in [0.05, 0.1) is 23.3 Å². The number of rotatable bonds is 7. The minimum atomic E-state index is 0.0523. The number of aromatic nitrogens is 4. The third-order valence-corrected chi connectivity index (χ3v) is 4.53. The Balaban J connectivity index is 1.69. The van der Waals surface area contributed by atoms with E-state index in [2.05, 4.69) is 32.5 Å². The average Bonchev–Trinajstić information content (AvgIpc) is 3.17. The lowest BCUT2D eigenvalue weighted by atomic mass is 10.0. The summed E-state index contributed by atoms with van der Waals surface area (Å²) in [5.41, 5.74) is 2.87. The summed E-state index contributed by atoms with van der Waals surface area (Å²) in [5.74, 6) is 0.744. The van der Waals surface area contributed by atoms with Gasteiger partial charge in [-0.25, -0.2) is 14.6 Å². The molecule has 2 aromatic carbocycles. The summed E-state index contributed by atoms with van der Waals surface area (Å²) in [6, 6.07) is 20.2. The summed E-state index contributed by atoms with van der Waals surface area (Å²) in [6.07, 6.45) is 4.86. The van der Waals surface area contributed by atoms with Gasteiger partial charge in [0.2, 0.25) is 0 Å². The minimum absolute atomic E-state index is 0.0523. The predicted octanol–water partition coefficient (Wildman–Crippen LogP) is 3.74. The number of hydrogen-bond donors (Lipinski definition) is 2. The van der Waals surface area contributed by atoms with E-state index in [-0.39, 0.29) is 12.6 Å². The Labute approximate surface area is 157 Å². The molecule has 0 amide bonds. The molecule has 2 N–H and O–H groups in total. The zero-order valence-electron chi connectivity index (χ0n) is 14.9. The van der Waals surface area contributed by atoms with Crippen LogP contribution >= 0.6 is 0 Å². The molecule has 0 spiro atoms. The first-order chi connectivity index (χ1) is 13.4. The highest BCUT2D eigenvalue weighted by atomic mass is 16.2. The second-order valence-electron chi connectivity index (χ2n) is 6.32. The van der Waals surface area contributed by atoms with Crippen LogP contribution in [0.4, 0.5) is 5.82 Å². The molecule has 1 atom stereocenters. The molecule has 2 heterocycles. The second-order valence-corrected chi connectivity index (χ2v) is 6.32. The van der Waals surface area contributed by atoms with Crippen LogP contribution in [-0.4, -0.2) is 31.5 Å². The number of nitrogens with zero attached hydrogens (tertiary/aromatic N) is 4. The average molecular weight is 359 g/mol. The van der Waals surface area contributed by atoms with Crippen molar-refractivity contribution in [1.29, 1.82) is 0 Å². The van der Waals surface area contributed by atoms with Gasteiger partial charge in [0, 0.05) is 6.61 Å². The molecule has 0 bridgehead atoms. The Morgan fingerprint density at radius 2 is 1.70 bits per heavy atom. The first-order valence-electron chi connectivity index (χ1n) is 9.03. The van der Waals surface area contributed by atoms with Gasteiger partial charge in [-0.05, 0) is 30.5 Å². The van der Waals surface area contributed by atoms with Gasteiger partial charge in [0.15, 0.2) is 5.65 Å². The first kappa shape index (κ1) is 17.2. The van der Waals surface area contributed by atoms with Gasteiger partial charge in [-0.1, -0.05) is 48.5 Å². The summed E-state index contributed by atoms with van der Waals surface area (Å²) in [4.78, 5) is 8.88. The molecule has 4 aromatic rings. The lowest BCUT2D eigenvalue weighted by Gasteiger charge is -2.19. The Bertz CT molecular complexity index is 1000. The van der Waals surface area contributed by atoms with E-state index in [0.717, 1.165) is 34.5 Å². The smallest absolute Gasteiger partial charge is 0.168 e. The number of para-hydroxylation sites is 1. The Kier molecular flexibility index (Phi) is 5.07. The number of aliphatic hydroxyl groups excluding tert-OH is 1. The van der Waals surface area contributed by atoms with Gasteiger partial charge >= 0.3 is 0 Å². The molecule has 2 aromatic heterocycles. The normalized spacial score (nSPS) is 12.2. The van der Waals surface area contributed by atoms with Crippen molar-refractivity contribution in [2.24, 2.45) is 0 Å². The molecule has 0 aliphatic rings. The Morgan fingerprint density at radius 1 is 0.963 bits per heavy atom. The van der Waals surface area contributed by atoms with E-state index in [0.29, 0.717) is 6.42 Å². The fourth-order valence-electron chi connectivity index (χ4n) is 3.19. The number of anilines is 1. The fourth-order valence-corrected chi connectivity index (χ4v) is 3.19. The lowest BCUT2D eigenvalue weighted by Crippen LogP contribution is -2.13. The molecule has 0 aliphatic heterocycles. The largest absolute Gasteiger partial charge is 0.396 e. The van der Waals surface area contributed by atoms with Crippen molar-refractivity contribution >= 4 is 16.9 Å². The Morgan fingerprint density at radius 3 is 2.44 bits per heavy atom. The summed E-state index contributed by atoms with van der Waals surface area (Å²) in [6.45, 7) is 0.163. The summed E-state index contributed by atoms with van der Waals surface area (Å²) in [7, 11) is 0. The van der Waals surface area contributed by atoms with Crippen molar-refractivity contribution in [3.8, 4) is 5.69 Å². The van der Waals surface area contributed by atoms with Gasteiger partial charge in [-0.3, -0.25) is 0 Å². The molecular weight excluding hydrogens is 338 g/mol. The van der Waals surface area contributed by atoms with Gasteiger partial charge in [-0.15, -0.1) is 0 Å². The molecular formula is C21H21N5O. The van der Waals surface area contributed by atoms with Crippen molar-refractivity contribution in [3.63, 3.8) is 0 Å². The predicted molar refractivity (Wildman–Crippen MR) is 106 cm³/mol. The second kappa shape index (κ2) is 7.97. The van der Waals surface area contributed by atoms with E-state index < -0.39 is 0 Å². The Hall–Kier alpha value is -3.25. The van der Waals surface area contributed by atoms with Crippen molar-refractivity contribution in [2.45, 2.75) is 18.9 Å². The van der Waals surface area contributed by atoms with Crippen molar-refractivity contribution in [1.82, 2.24) is 19.7 Å². The monoisotopic (exact) mass is 359 g/mol. The van der Waals surface area contributed by atoms with E-state index in [1.807, 2.05) is 53.2 Å². The van der Waals surface area contributed by atoms with E-state index in [1.54, 1.807) is 12.5 Å². The SMILES string of the molecule is OCCCC(Nc1ncnc2c1cnn2-c1ccccc1)c1ccccc1. The van der Waals surface area contributed by atoms with Gasteiger partial charge in [0.25, 0.3) is 0 Å². The number of aliphatic hydroxyl groups is 1. The maximum Gasteiger partial charge on any atom is 0.168 e. The maximum atomic E-state index is 9.26. The summed E-state index contributed by atoms with van der Waals surface area (Å²) < 4.78 is 1.81.